The van der Waals surface area contributed by atoms with E-state index in [-0.39, 0.29) is 12.5 Å². The van der Waals surface area contributed by atoms with Crippen LogP contribution in [0.3, 0.4) is 0 Å². The number of methoxy groups -OCH3 is 1. The van der Waals surface area contributed by atoms with Crippen LogP contribution in [-0.2, 0) is 9.53 Å². The number of carbonyl (C=O) groups excluding carboxylic acids is 2. The SMILES string of the molecule is COCC1(C(N)=O)CCCN1C(=O)c1cnc(-c2ccccc2)nc1C. The third kappa shape index (κ3) is 3.06. The summed E-state index contributed by atoms with van der Waals surface area (Å²) in [5.74, 6) is -0.292. The molecule has 2 amide bonds. The van der Waals surface area contributed by atoms with Gasteiger partial charge in [-0.15, -0.1) is 0 Å². The van der Waals surface area contributed by atoms with Crippen molar-refractivity contribution < 1.29 is 14.3 Å². The van der Waals surface area contributed by atoms with E-state index in [9.17, 15) is 9.59 Å². The summed E-state index contributed by atoms with van der Waals surface area (Å²) >= 11 is 0. The summed E-state index contributed by atoms with van der Waals surface area (Å²) in [6, 6.07) is 9.55. The summed E-state index contributed by atoms with van der Waals surface area (Å²) < 4.78 is 5.19. The molecule has 7 nitrogen and oxygen atoms in total. The summed E-state index contributed by atoms with van der Waals surface area (Å²) in [6.07, 6.45) is 2.70. The molecular formula is C19H22N4O3. The number of aromatic nitrogens is 2. The Bertz CT molecular complexity index is 825. The Morgan fingerprint density at radius 2 is 2.04 bits per heavy atom. The van der Waals surface area contributed by atoms with Crippen LogP contribution in [0.4, 0.5) is 0 Å². The lowest BCUT2D eigenvalue weighted by atomic mass is 9.95. The number of aryl methyl sites for hydroxylation is 1. The maximum Gasteiger partial charge on any atom is 0.258 e. The minimum absolute atomic E-state index is 0.0794. The predicted molar refractivity (Wildman–Crippen MR) is 96.3 cm³/mol. The van der Waals surface area contributed by atoms with Gasteiger partial charge in [0, 0.05) is 25.4 Å². The number of hydrogen-bond acceptors (Lipinski definition) is 5. The third-order valence-electron chi connectivity index (χ3n) is 4.82. The molecule has 136 valence electrons. The number of ether oxygens (including phenoxy) is 1. The predicted octanol–water partition coefficient (Wildman–Crippen LogP) is 1.56. The van der Waals surface area contributed by atoms with Crippen molar-refractivity contribution in [3.8, 4) is 11.4 Å². The highest BCUT2D eigenvalue weighted by molar-refractivity contribution is 6.00. The van der Waals surface area contributed by atoms with Gasteiger partial charge in [-0.05, 0) is 19.8 Å². The fourth-order valence-corrected chi connectivity index (χ4v) is 3.44. The van der Waals surface area contributed by atoms with Crippen LogP contribution in [0.2, 0.25) is 0 Å². The molecule has 0 aliphatic carbocycles. The average molecular weight is 354 g/mol. The van der Waals surface area contributed by atoms with Gasteiger partial charge in [0.2, 0.25) is 5.91 Å². The van der Waals surface area contributed by atoms with Crippen molar-refractivity contribution >= 4 is 11.8 Å². The Morgan fingerprint density at radius 3 is 2.65 bits per heavy atom. The number of hydrogen-bond donors (Lipinski definition) is 1. The highest BCUT2D eigenvalue weighted by Gasteiger charge is 2.49. The molecule has 2 N–H and O–H groups in total. The number of carbonyl (C=O) groups is 2. The van der Waals surface area contributed by atoms with Crippen molar-refractivity contribution in [3.63, 3.8) is 0 Å². The fraction of sp³-hybridized carbons (Fsp3) is 0.368. The molecule has 0 saturated carbocycles. The van der Waals surface area contributed by atoms with Gasteiger partial charge < -0.3 is 15.4 Å². The zero-order valence-electron chi connectivity index (χ0n) is 14.9. The van der Waals surface area contributed by atoms with Crippen LogP contribution < -0.4 is 5.73 Å². The number of amides is 2. The molecule has 1 unspecified atom stereocenters. The van der Waals surface area contributed by atoms with Crippen LogP contribution in [-0.4, -0.2) is 52.5 Å². The largest absolute Gasteiger partial charge is 0.382 e. The van der Waals surface area contributed by atoms with Gasteiger partial charge in [0.1, 0.15) is 5.54 Å². The summed E-state index contributed by atoms with van der Waals surface area (Å²) in [7, 11) is 1.49. The van der Waals surface area contributed by atoms with Gasteiger partial charge in [-0.1, -0.05) is 30.3 Å². The van der Waals surface area contributed by atoms with E-state index in [1.165, 1.54) is 18.2 Å². The highest BCUT2D eigenvalue weighted by atomic mass is 16.5. The molecule has 2 aromatic rings. The number of nitrogens with two attached hydrogens (primary N) is 1. The van der Waals surface area contributed by atoms with Crippen LogP contribution in [0.5, 0.6) is 0 Å². The van der Waals surface area contributed by atoms with Crippen molar-refractivity contribution in [2.75, 3.05) is 20.3 Å². The average Bonchev–Trinajstić information content (AvgIpc) is 3.07. The molecule has 1 atom stereocenters. The van der Waals surface area contributed by atoms with E-state index in [0.29, 0.717) is 36.5 Å². The fourth-order valence-electron chi connectivity index (χ4n) is 3.44. The number of primary amides is 1. The third-order valence-corrected chi connectivity index (χ3v) is 4.82. The molecule has 0 radical (unpaired) electrons. The molecule has 1 aliphatic rings. The van der Waals surface area contributed by atoms with Crippen LogP contribution in [0.1, 0.15) is 28.9 Å². The molecule has 1 aromatic heterocycles. The maximum absolute atomic E-state index is 13.1. The molecule has 0 bridgehead atoms. The summed E-state index contributed by atoms with van der Waals surface area (Å²) in [5, 5.41) is 0. The van der Waals surface area contributed by atoms with Gasteiger partial charge in [-0.25, -0.2) is 9.97 Å². The second kappa shape index (κ2) is 7.21. The molecule has 1 saturated heterocycles. The Kier molecular flexibility index (Phi) is 4.99. The van der Waals surface area contributed by atoms with E-state index in [1.54, 1.807) is 6.92 Å². The number of likely N-dealkylation sites (tertiary alicyclic amines) is 1. The van der Waals surface area contributed by atoms with E-state index >= 15 is 0 Å². The van der Waals surface area contributed by atoms with Crippen molar-refractivity contribution in [1.82, 2.24) is 14.9 Å². The van der Waals surface area contributed by atoms with Crippen LogP contribution >= 0.6 is 0 Å². The first-order valence-electron chi connectivity index (χ1n) is 8.49. The number of benzene rings is 1. The summed E-state index contributed by atoms with van der Waals surface area (Å²) in [4.78, 5) is 35.5. The first-order valence-corrected chi connectivity index (χ1v) is 8.49. The number of rotatable bonds is 5. The molecule has 0 spiro atoms. The number of nitrogens with zero attached hydrogens (tertiary/aromatic N) is 3. The lowest BCUT2D eigenvalue weighted by molar-refractivity contribution is -0.130. The monoisotopic (exact) mass is 354 g/mol. The van der Waals surface area contributed by atoms with Gasteiger partial charge >= 0.3 is 0 Å². The van der Waals surface area contributed by atoms with E-state index in [0.717, 1.165) is 5.56 Å². The van der Waals surface area contributed by atoms with E-state index in [4.69, 9.17) is 10.5 Å². The van der Waals surface area contributed by atoms with Gasteiger partial charge in [0.05, 0.1) is 17.9 Å². The van der Waals surface area contributed by atoms with Gasteiger partial charge in [0.15, 0.2) is 5.82 Å². The quantitative estimate of drug-likeness (QED) is 0.878. The van der Waals surface area contributed by atoms with Crippen molar-refractivity contribution in [1.29, 1.82) is 0 Å². The standard InChI is InChI=1S/C19H22N4O3/c1-13-15(11-21-16(22-13)14-7-4-3-5-8-14)17(24)23-10-6-9-19(23,12-26-2)18(20)25/h3-5,7-8,11H,6,9-10,12H2,1-2H3,(H2,20,25). The molecule has 3 rings (SSSR count). The Hall–Kier alpha value is -2.80. The lowest BCUT2D eigenvalue weighted by Gasteiger charge is -2.35. The van der Waals surface area contributed by atoms with E-state index < -0.39 is 11.4 Å². The first-order chi connectivity index (χ1) is 12.5. The van der Waals surface area contributed by atoms with Gasteiger partial charge in [0.25, 0.3) is 5.91 Å². The molecule has 2 heterocycles. The zero-order valence-corrected chi connectivity index (χ0v) is 14.9. The minimum atomic E-state index is -1.11. The lowest BCUT2D eigenvalue weighted by Crippen LogP contribution is -2.58. The van der Waals surface area contributed by atoms with E-state index in [2.05, 4.69) is 9.97 Å². The Balaban J connectivity index is 1.93. The Morgan fingerprint density at radius 1 is 1.31 bits per heavy atom. The van der Waals surface area contributed by atoms with Crippen LogP contribution in [0.25, 0.3) is 11.4 Å². The minimum Gasteiger partial charge on any atom is -0.382 e. The Labute approximate surface area is 152 Å². The highest BCUT2D eigenvalue weighted by Crippen LogP contribution is 2.31. The van der Waals surface area contributed by atoms with Crippen molar-refractivity contribution in [2.45, 2.75) is 25.3 Å². The maximum atomic E-state index is 13.1. The van der Waals surface area contributed by atoms with Crippen LogP contribution in [0, 0.1) is 6.92 Å². The van der Waals surface area contributed by atoms with Crippen molar-refractivity contribution in [2.24, 2.45) is 5.73 Å². The van der Waals surface area contributed by atoms with Crippen LogP contribution in [0.15, 0.2) is 36.5 Å². The smallest absolute Gasteiger partial charge is 0.258 e. The molecule has 1 aliphatic heterocycles. The van der Waals surface area contributed by atoms with Gasteiger partial charge in [-0.2, -0.15) is 0 Å². The molecule has 1 fully saturated rings. The normalized spacial score (nSPS) is 19.5. The second-order valence-corrected chi connectivity index (χ2v) is 6.45. The topological polar surface area (TPSA) is 98.4 Å². The second-order valence-electron chi connectivity index (χ2n) is 6.45. The molecule has 1 aromatic carbocycles. The van der Waals surface area contributed by atoms with Crippen molar-refractivity contribution in [3.05, 3.63) is 47.8 Å². The molecular weight excluding hydrogens is 332 g/mol. The van der Waals surface area contributed by atoms with Gasteiger partial charge in [-0.3, -0.25) is 9.59 Å². The zero-order chi connectivity index (χ0) is 18.7. The van der Waals surface area contributed by atoms with E-state index in [1.807, 2.05) is 30.3 Å². The first kappa shape index (κ1) is 18.0. The summed E-state index contributed by atoms with van der Waals surface area (Å²) in [5.41, 5.74) is 6.31. The summed E-state index contributed by atoms with van der Waals surface area (Å²) in [6.45, 7) is 2.29. The molecule has 7 heteroatoms. The molecule has 26 heavy (non-hydrogen) atoms.